The Morgan fingerprint density at radius 2 is 2.13 bits per heavy atom. The first-order valence-electron chi connectivity index (χ1n) is 4.98. The van der Waals surface area contributed by atoms with Gasteiger partial charge in [-0.15, -0.1) is 0 Å². The molecule has 0 radical (unpaired) electrons. The molecule has 0 fully saturated rings. The van der Waals surface area contributed by atoms with Crippen molar-refractivity contribution in [3.63, 3.8) is 0 Å². The molecule has 0 amide bonds. The van der Waals surface area contributed by atoms with Crippen LogP contribution in [0.5, 0.6) is 0 Å². The van der Waals surface area contributed by atoms with Gasteiger partial charge in [0.25, 0.3) is 0 Å². The molecule has 0 saturated heterocycles. The zero-order chi connectivity index (χ0) is 10.8. The van der Waals surface area contributed by atoms with Crippen LogP contribution in [0.1, 0.15) is 19.4 Å². The van der Waals surface area contributed by atoms with Crippen LogP contribution in [0.2, 0.25) is 0 Å². The number of ether oxygens (including phenoxy) is 1. The van der Waals surface area contributed by atoms with E-state index in [0.29, 0.717) is 6.61 Å². The molecule has 0 bridgehead atoms. The standard InChI is InChI=1S/C11H14N2O2/c1-7(2)15-6-8-4-3-5-9-10(8)13-11(14)12-9/h3-5,7H,6H2,1-2H3,(H2,12,13,14). The van der Waals surface area contributed by atoms with E-state index >= 15 is 0 Å². The Kier molecular flexibility index (Phi) is 2.60. The molecule has 4 nitrogen and oxygen atoms in total. The molecule has 0 spiro atoms. The normalized spacial score (nSPS) is 11.4. The molecule has 0 saturated carbocycles. The Hall–Kier alpha value is -1.55. The molecule has 80 valence electrons. The first-order chi connectivity index (χ1) is 7.16. The van der Waals surface area contributed by atoms with Crippen molar-refractivity contribution in [3.05, 3.63) is 34.2 Å². The van der Waals surface area contributed by atoms with E-state index in [-0.39, 0.29) is 11.8 Å². The molecule has 0 unspecified atom stereocenters. The summed E-state index contributed by atoms with van der Waals surface area (Å²) in [6.45, 7) is 4.49. The summed E-state index contributed by atoms with van der Waals surface area (Å²) in [4.78, 5) is 16.6. The van der Waals surface area contributed by atoms with Crippen LogP contribution in [-0.2, 0) is 11.3 Å². The summed E-state index contributed by atoms with van der Waals surface area (Å²) < 4.78 is 5.51. The molecule has 15 heavy (non-hydrogen) atoms. The van der Waals surface area contributed by atoms with Crippen molar-refractivity contribution in [2.45, 2.75) is 26.6 Å². The van der Waals surface area contributed by atoms with E-state index in [9.17, 15) is 4.79 Å². The largest absolute Gasteiger partial charge is 0.374 e. The van der Waals surface area contributed by atoms with E-state index in [1.165, 1.54) is 0 Å². The summed E-state index contributed by atoms with van der Waals surface area (Å²) in [5.41, 5.74) is 2.48. The monoisotopic (exact) mass is 206 g/mol. The second kappa shape index (κ2) is 3.90. The van der Waals surface area contributed by atoms with Gasteiger partial charge in [-0.05, 0) is 19.9 Å². The molecule has 4 heteroatoms. The zero-order valence-electron chi connectivity index (χ0n) is 8.83. The highest BCUT2D eigenvalue weighted by molar-refractivity contribution is 5.77. The van der Waals surface area contributed by atoms with E-state index < -0.39 is 0 Å². The number of para-hydroxylation sites is 1. The number of aromatic nitrogens is 2. The van der Waals surface area contributed by atoms with Crippen LogP contribution >= 0.6 is 0 Å². The van der Waals surface area contributed by atoms with Gasteiger partial charge in [0.2, 0.25) is 0 Å². The minimum Gasteiger partial charge on any atom is -0.374 e. The average molecular weight is 206 g/mol. The average Bonchev–Trinajstić information content (AvgIpc) is 2.55. The molecule has 2 aromatic rings. The molecular weight excluding hydrogens is 192 g/mol. The lowest BCUT2D eigenvalue weighted by atomic mass is 10.2. The molecule has 2 rings (SSSR count). The summed E-state index contributed by atoms with van der Waals surface area (Å²) >= 11 is 0. The lowest BCUT2D eigenvalue weighted by Crippen LogP contribution is -2.03. The van der Waals surface area contributed by atoms with Crippen molar-refractivity contribution in [1.82, 2.24) is 9.97 Å². The minimum absolute atomic E-state index is 0.179. The highest BCUT2D eigenvalue weighted by atomic mass is 16.5. The molecule has 1 heterocycles. The van der Waals surface area contributed by atoms with Crippen molar-refractivity contribution in [2.75, 3.05) is 0 Å². The van der Waals surface area contributed by atoms with Crippen LogP contribution in [0, 0.1) is 0 Å². The van der Waals surface area contributed by atoms with Crippen LogP contribution in [0.25, 0.3) is 11.0 Å². The van der Waals surface area contributed by atoms with Crippen molar-refractivity contribution < 1.29 is 4.74 Å². The Morgan fingerprint density at radius 1 is 1.33 bits per heavy atom. The molecule has 0 aliphatic heterocycles. The van der Waals surface area contributed by atoms with Crippen LogP contribution < -0.4 is 5.69 Å². The molecule has 0 aliphatic rings. The van der Waals surface area contributed by atoms with Gasteiger partial charge in [0.15, 0.2) is 0 Å². The third-order valence-corrected chi connectivity index (χ3v) is 2.21. The third-order valence-electron chi connectivity index (χ3n) is 2.21. The topological polar surface area (TPSA) is 57.9 Å². The van der Waals surface area contributed by atoms with E-state index in [1.54, 1.807) is 0 Å². The summed E-state index contributed by atoms with van der Waals surface area (Å²) in [6.07, 6.45) is 0.186. The van der Waals surface area contributed by atoms with E-state index in [1.807, 2.05) is 32.0 Å². The number of hydrogen-bond donors (Lipinski definition) is 2. The number of aromatic amines is 2. The van der Waals surface area contributed by atoms with Gasteiger partial charge in [0, 0.05) is 5.56 Å². The highest BCUT2D eigenvalue weighted by Gasteiger charge is 2.04. The summed E-state index contributed by atoms with van der Waals surface area (Å²) in [5.74, 6) is 0. The van der Waals surface area contributed by atoms with E-state index in [0.717, 1.165) is 16.6 Å². The fraction of sp³-hybridized carbons (Fsp3) is 0.364. The van der Waals surface area contributed by atoms with Crippen molar-refractivity contribution in [2.24, 2.45) is 0 Å². The van der Waals surface area contributed by atoms with Crippen molar-refractivity contribution in [3.8, 4) is 0 Å². The Balaban J connectivity index is 2.37. The maximum absolute atomic E-state index is 11.1. The number of hydrogen-bond acceptors (Lipinski definition) is 2. The minimum atomic E-state index is -0.179. The molecule has 0 aliphatic carbocycles. The molecule has 2 N–H and O–H groups in total. The second-order valence-electron chi connectivity index (χ2n) is 3.78. The number of nitrogens with one attached hydrogen (secondary N) is 2. The third kappa shape index (κ3) is 2.10. The fourth-order valence-corrected chi connectivity index (χ4v) is 1.50. The number of fused-ring (bicyclic) bond motifs is 1. The predicted molar refractivity (Wildman–Crippen MR) is 58.8 cm³/mol. The molecular formula is C11H14N2O2. The quantitative estimate of drug-likeness (QED) is 0.804. The molecule has 0 atom stereocenters. The van der Waals surface area contributed by atoms with Gasteiger partial charge in [-0.3, -0.25) is 0 Å². The molecule has 1 aromatic carbocycles. The fourth-order valence-electron chi connectivity index (χ4n) is 1.50. The smallest absolute Gasteiger partial charge is 0.323 e. The van der Waals surface area contributed by atoms with E-state index in [4.69, 9.17) is 4.74 Å². The summed E-state index contributed by atoms with van der Waals surface area (Å²) in [7, 11) is 0. The van der Waals surface area contributed by atoms with Crippen LogP contribution in [0.3, 0.4) is 0 Å². The number of benzene rings is 1. The van der Waals surface area contributed by atoms with Crippen molar-refractivity contribution >= 4 is 11.0 Å². The van der Waals surface area contributed by atoms with Gasteiger partial charge in [0.05, 0.1) is 23.7 Å². The van der Waals surface area contributed by atoms with Gasteiger partial charge in [-0.25, -0.2) is 4.79 Å². The van der Waals surface area contributed by atoms with Crippen LogP contribution in [0.4, 0.5) is 0 Å². The van der Waals surface area contributed by atoms with Gasteiger partial charge in [0.1, 0.15) is 0 Å². The first-order valence-corrected chi connectivity index (χ1v) is 4.98. The van der Waals surface area contributed by atoms with Crippen LogP contribution in [-0.4, -0.2) is 16.1 Å². The number of rotatable bonds is 3. The first kappa shape index (κ1) is 9.98. The lowest BCUT2D eigenvalue weighted by Gasteiger charge is -2.07. The van der Waals surface area contributed by atoms with Crippen LogP contribution in [0.15, 0.2) is 23.0 Å². The van der Waals surface area contributed by atoms with Crippen molar-refractivity contribution in [1.29, 1.82) is 0 Å². The van der Waals surface area contributed by atoms with Gasteiger partial charge >= 0.3 is 5.69 Å². The Morgan fingerprint density at radius 3 is 2.87 bits per heavy atom. The lowest BCUT2D eigenvalue weighted by molar-refractivity contribution is 0.0663. The highest BCUT2D eigenvalue weighted by Crippen LogP contribution is 2.14. The predicted octanol–water partition coefficient (Wildman–Crippen LogP) is 1.78. The van der Waals surface area contributed by atoms with Gasteiger partial charge < -0.3 is 14.7 Å². The molecule has 1 aromatic heterocycles. The van der Waals surface area contributed by atoms with E-state index in [2.05, 4.69) is 9.97 Å². The van der Waals surface area contributed by atoms with Gasteiger partial charge in [-0.2, -0.15) is 0 Å². The summed E-state index contributed by atoms with van der Waals surface area (Å²) in [6, 6.07) is 5.73. The second-order valence-corrected chi connectivity index (χ2v) is 3.78. The Bertz CT molecular complexity index is 511. The SMILES string of the molecule is CC(C)OCc1cccc2[nH]c(=O)[nH]c12. The zero-order valence-corrected chi connectivity index (χ0v) is 8.83. The number of imidazole rings is 1. The maximum Gasteiger partial charge on any atom is 0.323 e. The summed E-state index contributed by atoms with van der Waals surface area (Å²) in [5, 5.41) is 0. The Labute approximate surface area is 87.3 Å². The number of H-pyrrole nitrogens is 2. The van der Waals surface area contributed by atoms with Gasteiger partial charge in [-0.1, -0.05) is 12.1 Å². The maximum atomic E-state index is 11.1.